The first-order chi connectivity index (χ1) is 11.6. The van der Waals surface area contributed by atoms with Gasteiger partial charge < -0.3 is 14.4 Å². The maximum absolute atomic E-state index is 13.0. The molecule has 0 spiro atoms. The van der Waals surface area contributed by atoms with Crippen LogP contribution in [0.1, 0.15) is 27.0 Å². The standard InChI is InChI=1S/C19H18FNO3/c1-21(19(22)12-2-4-14(20)5-3-12)11-16-15-7-9-23-17(15)10-13-6-8-24-18(13)16/h2-5,10H,6-9,11H2,1H3. The molecule has 0 fully saturated rings. The number of nitrogens with zero attached hydrogens (tertiary/aromatic N) is 1. The van der Waals surface area contributed by atoms with E-state index in [0.29, 0.717) is 25.3 Å². The van der Waals surface area contributed by atoms with E-state index in [9.17, 15) is 9.18 Å². The van der Waals surface area contributed by atoms with Crippen molar-refractivity contribution >= 4 is 5.91 Å². The third kappa shape index (κ3) is 2.50. The lowest BCUT2D eigenvalue weighted by atomic mass is 9.99. The van der Waals surface area contributed by atoms with Crippen molar-refractivity contribution in [1.29, 1.82) is 0 Å². The number of amides is 1. The SMILES string of the molecule is CN(Cc1c2c(cc3c1OCC3)OCC2)C(=O)c1ccc(F)cc1. The van der Waals surface area contributed by atoms with Gasteiger partial charge in [-0.2, -0.15) is 0 Å². The molecule has 24 heavy (non-hydrogen) atoms. The Morgan fingerprint density at radius 1 is 1.17 bits per heavy atom. The van der Waals surface area contributed by atoms with Gasteiger partial charge in [-0.3, -0.25) is 4.79 Å². The minimum atomic E-state index is -0.349. The van der Waals surface area contributed by atoms with Crippen molar-refractivity contribution < 1.29 is 18.7 Å². The second-order valence-corrected chi connectivity index (χ2v) is 6.19. The lowest BCUT2D eigenvalue weighted by Crippen LogP contribution is -2.27. The molecule has 4 nitrogen and oxygen atoms in total. The first kappa shape index (κ1) is 15.0. The van der Waals surface area contributed by atoms with E-state index in [0.717, 1.165) is 41.0 Å². The number of hydrogen-bond donors (Lipinski definition) is 0. The monoisotopic (exact) mass is 327 g/mol. The minimum absolute atomic E-state index is 0.140. The molecule has 124 valence electrons. The van der Waals surface area contributed by atoms with Gasteiger partial charge in [-0.05, 0) is 30.3 Å². The summed E-state index contributed by atoms with van der Waals surface area (Å²) in [5.74, 6) is 1.33. The summed E-state index contributed by atoms with van der Waals surface area (Å²) in [7, 11) is 1.75. The van der Waals surface area contributed by atoms with Gasteiger partial charge in [0.05, 0.1) is 13.2 Å². The molecule has 2 aromatic carbocycles. The van der Waals surface area contributed by atoms with Gasteiger partial charge in [-0.15, -0.1) is 0 Å². The fourth-order valence-corrected chi connectivity index (χ4v) is 3.37. The highest BCUT2D eigenvalue weighted by Crippen LogP contribution is 2.41. The number of halogens is 1. The second kappa shape index (κ2) is 5.82. The fraction of sp³-hybridized carbons (Fsp3) is 0.316. The lowest BCUT2D eigenvalue weighted by molar-refractivity contribution is 0.0784. The van der Waals surface area contributed by atoms with Crippen LogP contribution in [0.3, 0.4) is 0 Å². The van der Waals surface area contributed by atoms with Crippen LogP contribution in [0.15, 0.2) is 30.3 Å². The van der Waals surface area contributed by atoms with Crippen molar-refractivity contribution in [3.05, 3.63) is 58.4 Å². The number of fused-ring (bicyclic) bond motifs is 2. The molecule has 5 heteroatoms. The van der Waals surface area contributed by atoms with Crippen molar-refractivity contribution in [2.75, 3.05) is 20.3 Å². The molecule has 0 saturated heterocycles. The van der Waals surface area contributed by atoms with Crippen LogP contribution in [0.25, 0.3) is 0 Å². The molecule has 0 unspecified atom stereocenters. The van der Waals surface area contributed by atoms with Gasteiger partial charge in [-0.1, -0.05) is 0 Å². The predicted octanol–water partition coefficient (Wildman–Crippen LogP) is 2.97. The van der Waals surface area contributed by atoms with E-state index in [1.54, 1.807) is 11.9 Å². The predicted molar refractivity (Wildman–Crippen MR) is 87.0 cm³/mol. The Morgan fingerprint density at radius 3 is 2.71 bits per heavy atom. The van der Waals surface area contributed by atoms with E-state index >= 15 is 0 Å². The third-order valence-corrected chi connectivity index (χ3v) is 4.59. The van der Waals surface area contributed by atoms with E-state index < -0.39 is 0 Å². The summed E-state index contributed by atoms with van der Waals surface area (Å²) >= 11 is 0. The van der Waals surface area contributed by atoms with E-state index in [-0.39, 0.29) is 11.7 Å². The summed E-state index contributed by atoms with van der Waals surface area (Å²) in [4.78, 5) is 14.2. The fourth-order valence-electron chi connectivity index (χ4n) is 3.37. The van der Waals surface area contributed by atoms with E-state index in [4.69, 9.17) is 9.47 Å². The molecule has 2 aromatic rings. The van der Waals surface area contributed by atoms with Crippen LogP contribution in [0, 0.1) is 5.82 Å². The molecule has 2 aliphatic rings. The number of carbonyl (C=O) groups excluding carboxylic acids is 1. The van der Waals surface area contributed by atoms with Crippen molar-refractivity contribution in [3.8, 4) is 11.5 Å². The summed E-state index contributed by atoms with van der Waals surface area (Å²) in [5.41, 5.74) is 3.79. The minimum Gasteiger partial charge on any atom is -0.493 e. The van der Waals surface area contributed by atoms with Crippen molar-refractivity contribution in [3.63, 3.8) is 0 Å². The Balaban J connectivity index is 1.63. The molecule has 0 radical (unpaired) electrons. The van der Waals surface area contributed by atoms with Crippen LogP contribution >= 0.6 is 0 Å². The second-order valence-electron chi connectivity index (χ2n) is 6.19. The molecule has 0 bridgehead atoms. The third-order valence-electron chi connectivity index (χ3n) is 4.59. The Bertz CT molecular complexity index is 769. The van der Waals surface area contributed by atoms with Crippen LogP contribution in [-0.4, -0.2) is 31.1 Å². The Kier molecular flexibility index (Phi) is 3.63. The summed E-state index contributed by atoms with van der Waals surface area (Å²) in [6.45, 7) is 1.78. The lowest BCUT2D eigenvalue weighted by Gasteiger charge is -2.21. The molecule has 1 amide bonds. The maximum atomic E-state index is 13.0. The molecule has 4 rings (SSSR count). The Hall–Kier alpha value is -2.56. The number of ether oxygens (including phenoxy) is 2. The van der Waals surface area contributed by atoms with Crippen LogP contribution in [0.5, 0.6) is 11.5 Å². The van der Waals surface area contributed by atoms with Crippen molar-refractivity contribution in [2.24, 2.45) is 0 Å². The maximum Gasteiger partial charge on any atom is 0.253 e. The summed E-state index contributed by atoms with van der Waals surface area (Å²) in [5, 5.41) is 0. The quantitative estimate of drug-likeness (QED) is 0.870. The van der Waals surface area contributed by atoms with Gasteiger partial charge in [0.25, 0.3) is 5.91 Å². The highest BCUT2D eigenvalue weighted by Gasteiger charge is 2.27. The average Bonchev–Trinajstić information content (AvgIpc) is 3.23. The van der Waals surface area contributed by atoms with E-state index in [2.05, 4.69) is 6.07 Å². The summed E-state index contributed by atoms with van der Waals surface area (Å²) in [6, 6.07) is 7.68. The zero-order chi connectivity index (χ0) is 16.7. The highest BCUT2D eigenvalue weighted by atomic mass is 19.1. The van der Waals surface area contributed by atoms with Crippen molar-refractivity contribution in [2.45, 2.75) is 19.4 Å². The van der Waals surface area contributed by atoms with Crippen LogP contribution in [0.2, 0.25) is 0 Å². The highest BCUT2D eigenvalue weighted by molar-refractivity contribution is 5.94. The number of carbonyl (C=O) groups is 1. The molecule has 2 heterocycles. The van der Waals surface area contributed by atoms with Crippen LogP contribution < -0.4 is 9.47 Å². The molecule has 0 aliphatic carbocycles. The van der Waals surface area contributed by atoms with Gasteiger partial charge >= 0.3 is 0 Å². The summed E-state index contributed by atoms with van der Waals surface area (Å²) in [6.07, 6.45) is 1.70. The Labute approximate surface area is 139 Å². The number of benzene rings is 2. The molecule has 0 saturated carbocycles. The molecule has 2 aliphatic heterocycles. The average molecular weight is 327 g/mol. The van der Waals surface area contributed by atoms with Crippen LogP contribution in [-0.2, 0) is 19.4 Å². The van der Waals surface area contributed by atoms with Gasteiger partial charge in [-0.25, -0.2) is 4.39 Å². The largest absolute Gasteiger partial charge is 0.493 e. The molecule has 0 aromatic heterocycles. The molecular formula is C19H18FNO3. The Morgan fingerprint density at radius 2 is 1.92 bits per heavy atom. The van der Waals surface area contributed by atoms with Crippen molar-refractivity contribution in [1.82, 2.24) is 4.90 Å². The molecular weight excluding hydrogens is 309 g/mol. The number of rotatable bonds is 3. The number of hydrogen-bond acceptors (Lipinski definition) is 3. The smallest absolute Gasteiger partial charge is 0.253 e. The van der Waals surface area contributed by atoms with Gasteiger partial charge in [0, 0.05) is 48.7 Å². The summed E-state index contributed by atoms with van der Waals surface area (Å²) < 4.78 is 24.6. The zero-order valence-electron chi connectivity index (χ0n) is 13.5. The van der Waals surface area contributed by atoms with Gasteiger partial charge in [0.2, 0.25) is 0 Å². The normalized spacial score (nSPS) is 14.6. The first-order valence-corrected chi connectivity index (χ1v) is 8.08. The zero-order valence-corrected chi connectivity index (χ0v) is 13.5. The molecule has 0 N–H and O–H groups in total. The van der Waals surface area contributed by atoms with Gasteiger partial charge in [0.15, 0.2) is 0 Å². The topological polar surface area (TPSA) is 38.8 Å². The van der Waals surface area contributed by atoms with Crippen LogP contribution in [0.4, 0.5) is 4.39 Å². The van der Waals surface area contributed by atoms with E-state index in [1.807, 2.05) is 0 Å². The molecule has 0 atom stereocenters. The first-order valence-electron chi connectivity index (χ1n) is 8.08. The van der Waals surface area contributed by atoms with Gasteiger partial charge in [0.1, 0.15) is 17.3 Å². The van der Waals surface area contributed by atoms with E-state index in [1.165, 1.54) is 24.3 Å².